The lowest BCUT2D eigenvalue weighted by molar-refractivity contribution is -0.273. The molecule has 0 fully saturated rings. The first-order chi connectivity index (χ1) is 7.56. The van der Waals surface area contributed by atoms with Gasteiger partial charge in [0.15, 0.2) is 5.75 Å². The fraction of sp³-hybridized carbons (Fsp3) is 0.286. The van der Waals surface area contributed by atoms with Crippen LogP contribution in [0.15, 0.2) is 42.5 Å². The van der Waals surface area contributed by atoms with Gasteiger partial charge in [0.25, 0.3) is 0 Å². The summed E-state index contributed by atoms with van der Waals surface area (Å²) in [5.74, 6) is 0.757. The van der Waals surface area contributed by atoms with Crippen molar-refractivity contribution in [1.82, 2.24) is 0 Å². The van der Waals surface area contributed by atoms with E-state index in [-0.39, 0.29) is 5.60 Å². The molecule has 0 radical (unpaired) electrons. The van der Waals surface area contributed by atoms with Gasteiger partial charge in [-0.3, -0.25) is 0 Å². The van der Waals surface area contributed by atoms with Crippen molar-refractivity contribution in [2.24, 2.45) is 0 Å². The molecule has 0 aromatic heterocycles. The van der Waals surface area contributed by atoms with Crippen LogP contribution in [0.4, 0.5) is 0 Å². The van der Waals surface area contributed by atoms with Gasteiger partial charge in [-0.05, 0) is 32.2 Å². The molecule has 84 valence electrons. The minimum absolute atomic E-state index is 0.309. The molecule has 0 saturated carbocycles. The first kappa shape index (κ1) is 11.0. The van der Waals surface area contributed by atoms with E-state index < -0.39 is 0 Å². The van der Waals surface area contributed by atoms with Gasteiger partial charge in [-0.2, -0.15) is 4.89 Å². The van der Waals surface area contributed by atoms with Gasteiger partial charge in [-0.25, -0.2) is 0 Å². The van der Waals surface area contributed by atoms with Gasteiger partial charge in [0.05, 0.1) is 0 Å². The van der Waals surface area contributed by atoms with Crippen LogP contribution in [0.1, 0.15) is 20.8 Å². The Morgan fingerprint density at radius 2 is 1.56 bits per heavy atom. The molecule has 2 aromatic carbocycles. The van der Waals surface area contributed by atoms with Gasteiger partial charge in [-0.15, -0.1) is 0 Å². The normalized spacial score (nSPS) is 11.7. The van der Waals surface area contributed by atoms with E-state index in [1.54, 1.807) is 0 Å². The van der Waals surface area contributed by atoms with Crippen LogP contribution >= 0.6 is 0 Å². The summed E-state index contributed by atoms with van der Waals surface area (Å²) in [6.07, 6.45) is 0. The zero-order valence-corrected chi connectivity index (χ0v) is 9.86. The highest BCUT2D eigenvalue weighted by molar-refractivity contribution is 5.88. The maximum absolute atomic E-state index is 5.38. The fourth-order valence-electron chi connectivity index (χ4n) is 1.44. The molecule has 0 unspecified atom stereocenters. The molecule has 0 aliphatic heterocycles. The minimum atomic E-state index is -0.309. The molecule has 2 heteroatoms. The highest BCUT2D eigenvalue weighted by atomic mass is 17.2. The third kappa shape index (κ3) is 2.52. The molecule has 0 aliphatic rings. The van der Waals surface area contributed by atoms with Crippen molar-refractivity contribution >= 4 is 10.8 Å². The van der Waals surface area contributed by atoms with E-state index in [1.807, 2.05) is 51.1 Å². The monoisotopic (exact) mass is 216 g/mol. The molecule has 0 amide bonds. The van der Waals surface area contributed by atoms with Gasteiger partial charge < -0.3 is 4.89 Å². The molecule has 2 aromatic rings. The minimum Gasteiger partial charge on any atom is -0.336 e. The summed E-state index contributed by atoms with van der Waals surface area (Å²) in [5.41, 5.74) is -0.309. The lowest BCUT2D eigenvalue weighted by Gasteiger charge is -2.18. The maximum Gasteiger partial charge on any atom is 0.173 e. The molecule has 0 aliphatic carbocycles. The van der Waals surface area contributed by atoms with Crippen molar-refractivity contribution in [3.8, 4) is 5.75 Å². The number of rotatable bonds is 2. The average molecular weight is 216 g/mol. The lowest BCUT2D eigenvalue weighted by atomic mass is 10.1. The van der Waals surface area contributed by atoms with Crippen LogP contribution in [-0.4, -0.2) is 5.60 Å². The van der Waals surface area contributed by atoms with E-state index in [2.05, 4.69) is 12.1 Å². The Labute approximate surface area is 95.7 Å². The maximum atomic E-state index is 5.38. The van der Waals surface area contributed by atoms with Gasteiger partial charge in [0.2, 0.25) is 0 Å². The van der Waals surface area contributed by atoms with Gasteiger partial charge in [0, 0.05) is 5.39 Å². The summed E-state index contributed by atoms with van der Waals surface area (Å²) in [6.45, 7) is 5.87. The quantitative estimate of drug-likeness (QED) is 0.559. The largest absolute Gasteiger partial charge is 0.336 e. The van der Waals surface area contributed by atoms with Crippen molar-refractivity contribution in [2.45, 2.75) is 26.4 Å². The van der Waals surface area contributed by atoms with Crippen molar-refractivity contribution in [3.05, 3.63) is 42.5 Å². The standard InChI is InChI=1S/C14H16O2/c1-14(2,3)16-15-13-10-6-8-11-7-4-5-9-12(11)13/h4-10H,1-3H3. The number of fused-ring (bicyclic) bond motifs is 1. The molecular weight excluding hydrogens is 200 g/mol. The van der Waals surface area contributed by atoms with Crippen molar-refractivity contribution in [3.63, 3.8) is 0 Å². The van der Waals surface area contributed by atoms with Crippen LogP contribution in [0.25, 0.3) is 10.8 Å². The van der Waals surface area contributed by atoms with Crippen LogP contribution in [0.2, 0.25) is 0 Å². The molecule has 0 atom stereocenters. The van der Waals surface area contributed by atoms with Crippen molar-refractivity contribution < 1.29 is 9.78 Å². The predicted molar refractivity (Wildman–Crippen MR) is 65.4 cm³/mol. The van der Waals surface area contributed by atoms with Crippen LogP contribution in [0, 0.1) is 0 Å². The summed E-state index contributed by atoms with van der Waals surface area (Å²) in [7, 11) is 0. The molecule has 0 bridgehead atoms. The number of hydrogen-bond donors (Lipinski definition) is 0. The van der Waals surface area contributed by atoms with Crippen molar-refractivity contribution in [2.75, 3.05) is 0 Å². The van der Waals surface area contributed by atoms with Crippen molar-refractivity contribution in [1.29, 1.82) is 0 Å². The molecule has 16 heavy (non-hydrogen) atoms. The van der Waals surface area contributed by atoms with E-state index in [1.165, 1.54) is 0 Å². The molecule has 0 saturated heterocycles. The van der Waals surface area contributed by atoms with Crippen LogP contribution in [0.5, 0.6) is 5.75 Å². The van der Waals surface area contributed by atoms with Gasteiger partial charge in [-0.1, -0.05) is 36.4 Å². The Morgan fingerprint density at radius 1 is 0.875 bits per heavy atom. The lowest BCUT2D eigenvalue weighted by Crippen LogP contribution is -2.21. The van der Waals surface area contributed by atoms with E-state index in [9.17, 15) is 0 Å². The van der Waals surface area contributed by atoms with Crippen LogP contribution < -0.4 is 4.89 Å². The first-order valence-corrected chi connectivity index (χ1v) is 5.40. The summed E-state index contributed by atoms with van der Waals surface area (Å²) in [6, 6.07) is 14.0. The molecule has 0 spiro atoms. The Balaban J connectivity index is 2.30. The SMILES string of the molecule is CC(C)(C)OOc1cccc2ccccc12. The molecule has 0 N–H and O–H groups in total. The Bertz CT molecular complexity index is 478. The topological polar surface area (TPSA) is 18.5 Å². The van der Waals surface area contributed by atoms with E-state index >= 15 is 0 Å². The smallest absolute Gasteiger partial charge is 0.173 e. The molecular formula is C14H16O2. The number of benzene rings is 2. The summed E-state index contributed by atoms with van der Waals surface area (Å²) >= 11 is 0. The average Bonchev–Trinajstić information content (AvgIpc) is 2.25. The molecule has 2 nitrogen and oxygen atoms in total. The predicted octanol–water partition coefficient (Wildman–Crippen LogP) is 3.95. The zero-order valence-electron chi connectivity index (χ0n) is 9.86. The molecule has 2 rings (SSSR count). The third-order valence-electron chi connectivity index (χ3n) is 2.13. The van der Waals surface area contributed by atoms with E-state index in [0.717, 1.165) is 16.5 Å². The Hall–Kier alpha value is -1.54. The second kappa shape index (κ2) is 4.14. The summed E-state index contributed by atoms with van der Waals surface area (Å²) in [4.78, 5) is 10.7. The van der Waals surface area contributed by atoms with Crippen LogP contribution in [-0.2, 0) is 4.89 Å². The second-order valence-electron chi connectivity index (χ2n) is 4.76. The Morgan fingerprint density at radius 3 is 2.31 bits per heavy atom. The van der Waals surface area contributed by atoms with E-state index in [0.29, 0.717) is 0 Å². The highest BCUT2D eigenvalue weighted by Crippen LogP contribution is 2.26. The van der Waals surface area contributed by atoms with Gasteiger partial charge in [0.1, 0.15) is 5.60 Å². The van der Waals surface area contributed by atoms with Gasteiger partial charge >= 0.3 is 0 Å². The van der Waals surface area contributed by atoms with Crippen LogP contribution in [0.3, 0.4) is 0 Å². The fourth-order valence-corrected chi connectivity index (χ4v) is 1.44. The highest BCUT2D eigenvalue weighted by Gasteiger charge is 2.13. The third-order valence-corrected chi connectivity index (χ3v) is 2.13. The molecule has 0 heterocycles. The zero-order chi connectivity index (χ0) is 11.6. The number of hydrogen-bond acceptors (Lipinski definition) is 2. The first-order valence-electron chi connectivity index (χ1n) is 5.40. The summed E-state index contributed by atoms with van der Waals surface area (Å²) in [5, 5.41) is 2.21. The Kier molecular flexibility index (Phi) is 2.84. The summed E-state index contributed by atoms with van der Waals surface area (Å²) < 4.78 is 0. The van der Waals surface area contributed by atoms with E-state index in [4.69, 9.17) is 9.78 Å². The second-order valence-corrected chi connectivity index (χ2v) is 4.76.